The maximum Gasteiger partial charge on any atom is 0.229 e. The van der Waals surface area contributed by atoms with E-state index in [0.717, 1.165) is 0 Å². The van der Waals surface area contributed by atoms with Crippen LogP contribution in [0.2, 0.25) is 0 Å². The van der Waals surface area contributed by atoms with Crippen molar-refractivity contribution in [2.45, 2.75) is 24.8 Å². The zero-order valence-corrected chi connectivity index (χ0v) is 7.63. The fraction of sp³-hybridized carbons (Fsp3) is 0.750. The van der Waals surface area contributed by atoms with E-state index in [-0.39, 0.29) is 18.9 Å². The van der Waals surface area contributed by atoms with Gasteiger partial charge in [0, 0.05) is 7.11 Å². The fourth-order valence-electron chi connectivity index (χ4n) is 1.86. The van der Waals surface area contributed by atoms with Crippen molar-refractivity contribution in [3.8, 4) is 0 Å². The smallest absolute Gasteiger partial charge is 0.229 e. The molecule has 0 bridgehead atoms. The number of hydrogen-bond donors (Lipinski definition) is 0. The van der Waals surface area contributed by atoms with Crippen LogP contribution in [0.25, 0.3) is 0 Å². The monoisotopic (exact) mass is 200 g/mol. The highest BCUT2D eigenvalue weighted by molar-refractivity contribution is 5.88. The number of nitrogens with zero attached hydrogens (tertiary/aromatic N) is 1. The highest BCUT2D eigenvalue weighted by Gasteiger charge is 2.52. The van der Waals surface area contributed by atoms with Crippen LogP contribution in [0.4, 0.5) is 0 Å². The minimum Gasteiger partial charge on any atom is -0.548 e. The van der Waals surface area contributed by atoms with Crippen molar-refractivity contribution >= 4 is 11.9 Å². The molecule has 2 saturated heterocycles. The Morgan fingerprint density at radius 3 is 3.00 bits per heavy atom. The highest BCUT2D eigenvalue weighted by atomic mass is 16.6. The van der Waals surface area contributed by atoms with Gasteiger partial charge in [0.05, 0.1) is 19.0 Å². The molecule has 6 nitrogen and oxygen atoms in total. The second-order valence-corrected chi connectivity index (χ2v) is 3.35. The van der Waals surface area contributed by atoms with Gasteiger partial charge in [-0.1, -0.05) is 0 Å². The van der Waals surface area contributed by atoms with Crippen LogP contribution >= 0.6 is 0 Å². The number of carboxylic acids is 1. The average molecular weight is 200 g/mol. The largest absolute Gasteiger partial charge is 0.548 e. The summed E-state index contributed by atoms with van der Waals surface area (Å²) in [6.07, 6.45) is -0.753. The number of fused-ring (bicyclic) bond motifs is 1. The molecule has 3 atom stereocenters. The molecular formula is C8H10NO5-. The van der Waals surface area contributed by atoms with Crippen molar-refractivity contribution in [1.82, 2.24) is 4.90 Å². The van der Waals surface area contributed by atoms with Gasteiger partial charge in [0.15, 0.2) is 0 Å². The van der Waals surface area contributed by atoms with Gasteiger partial charge in [-0.05, 0) is 0 Å². The maximum atomic E-state index is 11.1. The third-order valence-corrected chi connectivity index (χ3v) is 2.50. The Hall–Kier alpha value is -1.14. The minimum absolute atomic E-state index is 0.152. The molecule has 0 spiro atoms. The van der Waals surface area contributed by atoms with Crippen LogP contribution in [0.15, 0.2) is 0 Å². The van der Waals surface area contributed by atoms with Gasteiger partial charge in [0.1, 0.15) is 18.4 Å². The lowest BCUT2D eigenvalue weighted by Crippen LogP contribution is -2.59. The maximum absolute atomic E-state index is 11.1. The Bertz CT molecular complexity index is 279. The van der Waals surface area contributed by atoms with Crippen LogP contribution in [0.5, 0.6) is 0 Å². The van der Waals surface area contributed by atoms with Crippen molar-refractivity contribution in [2.75, 3.05) is 13.7 Å². The molecule has 1 amide bonds. The Morgan fingerprint density at radius 2 is 2.50 bits per heavy atom. The number of β-lactam (4-membered cyclic amide) rings is 1. The van der Waals surface area contributed by atoms with E-state index >= 15 is 0 Å². The molecule has 0 saturated carbocycles. The first-order chi connectivity index (χ1) is 6.65. The molecule has 0 radical (unpaired) electrons. The Balaban J connectivity index is 2.13. The minimum atomic E-state index is -1.29. The Morgan fingerprint density at radius 1 is 1.79 bits per heavy atom. The van der Waals surface area contributed by atoms with E-state index < -0.39 is 24.3 Å². The van der Waals surface area contributed by atoms with E-state index in [9.17, 15) is 14.7 Å². The van der Waals surface area contributed by atoms with Gasteiger partial charge in [0.25, 0.3) is 0 Å². The number of amides is 1. The topological polar surface area (TPSA) is 78.9 Å². The van der Waals surface area contributed by atoms with E-state index in [0.29, 0.717) is 0 Å². The second-order valence-electron chi connectivity index (χ2n) is 3.35. The molecule has 0 aliphatic carbocycles. The SMILES string of the molecule is COCC1OC2CC(=O)N2C1C(=O)[O-]. The lowest BCUT2D eigenvalue weighted by atomic mass is 10.1. The van der Waals surface area contributed by atoms with Crippen molar-refractivity contribution in [2.24, 2.45) is 0 Å². The van der Waals surface area contributed by atoms with Gasteiger partial charge in [-0.3, -0.25) is 4.79 Å². The summed E-state index contributed by atoms with van der Waals surface area (Å²) in [4.78, 5) is 23.1. The molecule has 0 aromatic heterocycles. The molecule has 14 heavy (non-hydrogen) atoms. The summed E-state index contributed by atoms with van der Waals surface area (Å²) < 4.78 is 10.1. The quantitative estimate of drug-likeness (QED) is 0.479. The molecule has 0 aromatic carbocycles. The van der Waals surface area contributed by atoms with Crippen LogP contribution < -0.4 is 5.11 Å². The van der Waals surface area contributed by atoms with Gasteiger partial charge >= 0.3 is 0 Å². The van der Waals surface area contributed by atoms with E-state index in [4.69, 9.17) is 9.47 Å². The lowest BCUT2D eigenvalue weighted by Gasteiger charge is -2.36. The van der Waals surface area contributed by atoms with Gasteiger partial charge < -0.3 is 24.3 Å². The molecule has 2 fully saturated rings. The van der Waals surface area contributed by atoms with E-state index in [1.165, 1.54) is 12.0 Å². The zero-order chi connectivity index (χ0) is 10.3. The second kappa shape index (κ2) is 3.21. The molecule has 0 aromatic rings. The summed E-state index contributed by atoms with van der Waals surface area (Å²) in [5.74, 6) is -1.49. The standard InChI is InChI=1S/C8H11NO5/c1-13-3-4-7(8(11)12)9-5(10)2-6(9)14-4/h4,6-7H,2-3H2,1H3,(H,11,12)/p-1. The lowest BCUT2D eigenvalue weighted by molar-refractivity contribution is -0.312. The van der Waals surface area contributed by atoms with Gasteiger partial charge in [0.2, 0.25) is 5.91 Å². The number of methoxy groups -OCH3 is 1. The van der Waals surface area contributed by atoms with Crippen molar-refractivity contribution in [3.63, 3.8) is 0 Å². The first kappa shape index (κ1) is 9.42. The van der Waals surface area contributed by atoms with Crippen LogP contribution in [-0.2, 0) is 19.1 Å². The predicted octanol–water partition coefficient (Wildman–Crippen LogP) is -2.29. The first-order valence-corrected chi connectivity index (χ1v) is 4.31. The third-order valence-electron chi connectivity index (χ3n) is 2.50. The number of ether oxygens (including phenoxy) is 2. The van der Waals surface area contributed by atoms with Crippen LogP contribution in [-0.4, -0.2) is 48.9 Å². The van der Waals surface area contributed by atoms with E-state index in [1.807, 2.05) is 0 Å². The fourth-order valence-corrected chi connectivity index (χ4v) is 1.86. The molecular weight excluding hydrogens is 190 g/mol. The normalized spacial score (nSPS) is 35.4. The van der Waals surface area contributed by atoms with Crippen LogP contribution in [0.1, 0.15) is 6.42 Å². The van der Waals surface area contributed by atoms with Crippen molar-refractivity contribution < 1.29 is 24.2 Å². The molecule has 6 heteroatoms. The van der Waals surface area contributed by atoms with E-state index in [1.54, 1.807) is 0 Å². The third kappa shape index (κ3) is 1.18. The summed E-state index contributed by atoms with van der Waals surface area (Å²) >= 11 is 0. The van der Waals surface area contributed by atoms with Crippen molar-refractivity contribution in [1.29, 1.82) is 0 Å². The molecule has 2 heterocycles. The summed E-state index contributed by atoms with van der Waals surface area (Å²) in [5.41, 5.74) is 0. The molecule has 2 rings (SSSR count). The number of carbonyl (C=O) groups excluding carboxylic acids is 2. The summed E-state index contributed by atoms with van der Waals surface area (Å²) in [5, 5.41) is 10.8. The van der Waals surface area contributed by atoms with Gasteiger partial charge in [-0.2, -0.15) is 0 Å². The molecule has 2 aliphatic rings. The Labute approximate surface area is 80.4 Å². The molecule has 0 N–H and O–H groups in total. The van der Waals surface area contributed by atoms with Crippen LogP contribution in [0, 0.1) is 0 Å². The molecule has 78 valence electrons. The number of hydrogen-bond acceptors (Lipinski definition) is 5. The average Bonchev–Trinajstić information content (AvgIpc) is 2.39. The summed E-state index contributed by atoms with van der Waals surface area (Å²) in [6.45, 7) is 0.152. The first-order valence-electron chi connectivity index (χ1n) is 4.31. The van der Waals surface area contributed by atoms with Crippen LogP contribution in [0.3, 0.4) is 0 Å². The molecule has 2 aliphatic heterocycles. The summed E-state index contributed by atoms with van der Waals surface area (Å²) in [6, 6.07) is -0.999. The number of aliphatic carboxylic acids is 1. The van der Waals surface area contributed by atoms with E-state index in [2.05, 4.69) is 0 Å². The van der Waals surface area contributed by atoms with Gasteiger partial charge in [-0.15, -0.1) is 0 Å². The zero-order valence-electron chi connectivity index (χ0n) is 7.63. The van der Waals surface area contributed by atoms with Gasteiger partial charge in [-0.25, -0.2) is 0 Å². The van der Waals surface area contributed by atoms with Crippen molar-refractivity contribution in [3.05, 3.63) is 0 Å². The number of rotatable bonds is 3. The predicted molar refractivity (Wildman–Crippen MR) is 40.8 cm³/mol. The number of carbonyl (C=O) groups is 2. The number of carboxylic acid groups (broad SMARTS) is 1. The summed E-state index contributed by atoms with van der Waals surface area (Å²) in [7, 11) is 1.45. The Kier molecular flexibility index (Phi) is 2.16. The highest BCUT2D eigenvalue weighted by Crippen LogP contribution is 2.33. The molecule has 3 unspecified atom stereocenters.